The lowest BCUT2D eigenvalue weighted by Crippen LogP contribution is -2.29. The van der Waals surface area contributed by atoms with E-state index in [0.717, 1.165) is 17.7 Å². The van der Waals surface area contributed by atoms with Crippen LogP contribution in [-0.2, 0) is 11.3 Å². The molecule has 0 amide bonds. The van der Waals surface area contributed by atoms with Gasteiger partial charge in [0.05, 0.1) is 18.8 Å². The molecule has 0 radical (unpaired) electrons. The number of ether oxygens (including phenoxy) is 1. The molecule has 6 heteroatoms. The van der Waals surface area contributed by atoms with Crippen LogP contribution in [0.4, 0.5) is 13.2 Å². The zero-order chi connectivity index (χ0) is 13.9. The summed E-state index contributed by atoms with van der Waals surface area (Å²) in [5.74, 6) is 0.246. The number of hydrogen-bond acceptors (Lipinski definition) is 3. The van der Waals surface area contributed by atoms with Gasteiger partial charge in [0.1, 0.15) is 0 Å². The van der Waals surface area contributed by atoms with Crippen LogP contribution in [0.5, 0.6) is 0 Å². The lowest BCUT2D eigenvalue weighted by atomic mass is 9.96. The largest absolute Gasteiger partial charge is 0.401 e. The maximum atomic E-state index is 12.1. The maximum absolute atomic E-state index is 12.1. The number of halogens is 3. The molecule has 1 aliphatic rings. The molecule has 1 fully saturated rings. The van der Waals surface area contributed by atoms with Gasteiger partial charge in [-0.2, -0.15) is 13.2 Å². The van der Waals surface area contributed by atoms with Gasteiger partial charge in [-0.05, 0) is 25.0 Å². The Balaban J connectivity index is 2.06. The first-order chi connectivity index (χ1) is 8.96. The molecule has 1 aromatic heterocycles. The fraction of sp³-hybridized carbons (Fsp3) is 0.615. The number of nitrogens with zero attached hydrogens (tertiary/aromatic N) is 1. The van der Waals surface area contributed by atoms with E-state index >= 15 is 0 Å². The predicted molar refractivity (Wildman–Crippen MR) is 64.9 cm³/mol. The summed E-state index contributed by atoms with van der Waals surface area (Å²) in [6, 6.07) is 3.84. The van der Waals surface area contributed by atoms with Gasteiger partial charge in [-0.25, -0.2) is 0 Å². The molecule has 19 heavy (non-hydrogen) atoms. The van der Waals surface area contributed by atoms with E-state index in [9.17, 15) is 13.2 Å². The van der Waals surface area contributed by atoms with Crippen molar-refractivity contribution in [3.8, 4) is 0 Å². The van der Waals surface area contributed by atoms with E-state index in [1.54, 1.807) is 0 Å². The van der Waals surface area contributed by atoms with Crippen LogP contribution >= 0.6 is 0 Å². The van der Waals surface area contributed by atoms with Crippen molar-refractivity contribution in [2.24, 2.45) is 0 Å². The Bertz CT molecular complexity index is 428. The third-order valence-electron chi connectivity index (χ3n) is 3.14. The smallest absolute Gasteiger partial charge is 0.381 e. The third kappa shape index (κ3) is 4.18. The molecule has 1 aromatic rings. The fourth-order valence-corrected chi connectivity index (χ4v) is 2.24. The first kappa shape index (κ1) is 14.3. The Morgan fingerprint density at radius 2 is 2.21 bits per heavy atom. The van der Waals surface area contributed by atoms with Gasteiger partial charge in [-0.3, -0.25) is 4.98 Å². The van der Waals surface area contributed by atoms with Gasteiger partial charge >= 0.3 is 6.18 Å². The minimum Gasteiger partial charge on any atom is -0.381 e. The van der Waals surface area contributed by atoms with Gasteiger partial charge in [0.2, 0.25) is 0 Å². The number of pyridine rings is 1. The third-order valence-corrected chi connectivity index (χ3v) is 3.14. The molecular weight excluding hydrogens is 257 g/mol. The van der Waals surface area contributed by atoms with E-state index < -0.39 is 12.7 Å². The molecule has 0 saturated carbocycles. The summed E-state index contributed by atoms with van der Waals surface area (Å²) in [6.07, 6.45) is -3.29. The van der Waals surface area contributed by atoms with Crippen LogP contribution in [0.15, 0.2) is 12.1 Å². The van der Waals surface area contributed by atoms with Gasteiger partial charge < -0.3 is 10.1 Å². The Morgan fingerprint density at radius 3 is 2.84 bits per heavy atom. The van der Waals surface area contributed by atoms with Crippen LogP contribution in [0.25, 0.3) is 0 Å². The lowest BCUT2D eigenvalue weighted by molar-refractivity contribution is -0.125. The van der Waals surface area contributed by atoms with Crippen molar-refractivity contribution in [3.63, 3.8) is 0 Å². The Labute approximate surface area is 110 Å². The van der Waals surface area contributed by atoms with Crippen LogP contribution in [0.1, 0.15) is 29.3 Å². The molecule has 0 aliphatic carbocycles. The van der Waals surface area contributed by atoms with E-state index in [-0.39, 0.29) is 12.5 Å². The summed E-state index contributed by atoms with van der Waals surface area (Å²) < 4.78 is 41.7. The summed E-state index contributed by atoms with van der Waals surface area (Å²) in [4.78, 5) is 4.35. The molecule has 1 unspecified atom stereocenters. The highest BCUT2D eigenvalue weighted by atomic mass is 19.4. The highest BCUT2D eigenvalue weighted by Gasteiger charge is 2.27. The Hall–Kier alpha value is -1.14. The second-order valence-corrected chi connectivity index (χ2v) is 4.77. The van der Waals surface area contributed by atoms with E-state index in [1.807, 2.05) is 19.1 Å². The summed E-state index contributed by atoms with van der Waals surface area (Å²) in [7, 11) is 0. The van der Waals surface area contributed by atoms with Crippen LogP contribution in [0.2, 0.25) is 0 Å². The quantitative estimate of drug-likeness (QED) is 0.916. The normalized spacial score (nSPS) is 19.9. The second kappa shape index (κ2) is 5.88. The van der Waals surface area contributed by atoms with Crippen LogP contribution < -0.4 is 5.32 Å². The minimum absolute atomic E-state index is 0.132. The van der Waals surface area contributed by atoms with Crippen LogP contribution in [-0.4, -0.2) is 30.9 Å². The van der Waals surface area contributed by atoms with Gasteiger partial charge in [-0.1, -0.05) is 6.07 Å². The van der Waals surface area contributed by atoms with Crippen molar-refractivity contribution in [3.05, 3.63) is 29.1 Å². The molecule has 2 rings (SSSR count). The van der Waals surface area contributed by atoms with Gasteiger partial charge in [0, 0.05) is 24.8 Å². The summed E-state index contributed by atoms with van der Waals surface area (Å²) in [6.45, 7) is 2.30. The van der Waals surface area contributed by atoms with Crippen LogP contribution in [0, 0.1) is 6.92 Å². The molecule has 0 aromatic carbocycles. The summed E-state index contributed by atoms with van der Waals surface area (Å²) in [5.41, 5.74) is 2.50. The van der Waals surface area contributed by atoms with Crippen molar-refractivity contribution in [2.45, 2.75) is 32.0 Å². The number of aryl methyl sites for hydroxylation is 1. The van der Waals surface area contributed by atoms with Gasteiger partial charge in [0.25, 0.3) is 0 Å². The molecule has 0 spiro atoms. The molecule has 0 bridgehead atoms. The number of nitrogens with one attached hydrogen (secondary N) is 1. The monoisotopic (exact) mass is 274 g/mol. The van der Waals surface area contributed by atoms with Crippen molar-refractivity contribution in [1.29, 1.82) is 0 Å². The predicted octanol–water partition coefficient (Wildman–Crippen LogP) is 2.55. The van der Waals surface area contributed by atoms with Crippen molar-refractivity contribution >= 4 is 0 Å². The molecular formula is C13H17F3N2O. The molecule has 1 aliphatic heterocycles. The topological polar surface area (TPSA) is 34.1 Å². The standard InChI is InChI=1S/C13H17F3N2O/c1-9-2-3-11(10-4-5-19-7-10)12(18-9)6-17-8-13(14,15)16/h2-3,10,17H,4-8H2,1H3. The van der Waals surface area contributed by atoms with E-state index in [0.29, 0.717) is 18.9 Å². The van der Waals surface area contributed by atoms with Crippen molar-refractivity contribution in [1.82, 2.24) is 10.3 Å². The average molecular weight is 274 g/mol. The first-order valence-electron chi connectivity index (χ1n) is 6.27. The maximum Gasteiger partial charge on any atom is 0.401 e. The first-order valence-corrected chi connectivity index (χ1v) is 6.27. The number of hydrogen-bond donors (Lipinski definition) is 1. The highest BCUT2D eigenvalue weighted by molar-refractivity contribution is 5.27. The molecule has 3 nitrogen and oxygen atoms in total. The molecule has 1 atom stereocenters. The zero-order valence-electron chi connectivity index (χ0n) is 10.8. The van der Waals surface area contributed by atoms with Gasteiger partial charge in [0.15, 0.2) is 0 Å². The fourth-order valence-electron chi connectivity index (χ4n) is 2.24. The second-order valence-electron chi connectivity index (χ2n) is 4.77. The Kier molecular flexibility index (Phi) is 4.42. The molecule has 2 heterocycles. The van der Waals surface area contributed by atoms with E-state index in [1.165, 1.54) is 0 Å². The van der Waals surface area contributed by atoms with Crippen LogP contribution in [0.3, 0.4) is 0 Å². The van der Waals surface area contributed by atoms with Crippen molar-refractivity contribution < 1.29 is 17.9 Å². The number of rotatable bonds is 4. The van der Waals surface area contributed by atoms with Crippen molar-refractivity contribution in [2.75, 3.05) is 19.8 Å². The number of aromatic nitrogens is 1. The van der Waals surface area contributed by atoms with E-state index in [4.69, 9.17) is 4.74 Å². The highest BCUT2D eigenvalue weighted by Crippen LogP contribution is 2.27. The zero-order valence-corrected chi connectivity index (χ0v) is 10.8. The summed E-state index contributed by atoms with van der Waals surface area (Å²) in [5, 5.41) is 2.40. The average Bonchev–Trinajstić information content (AvgIpc) is 2.81. The van der Waals surface area contributed by atoms with E-state index in [2.05, 4.69) is 10.3 Å². The molecule has 1 saturated heterocycles. The lowest BCUT2D eigenvalue weighted by Gasteiger charge is -2.15. The number of alkyl halides is 3. The SMILES string of the molecule is Cc1ccc(C2CCOC2)c(CNCC(F)(F)F)n1. The summed E-state index contributed by atoms with van der Waals surface area (Å²) >= 11 is 0. The molecule has 106 valence electrons. The van der Waals surface area contributed by atoms with Gasteiger partial charge in [-0.15, -0.1) is 0 Å². The molecule has 1 N–H and O–H groups in total. The minimum atomic E-state index is -4.19. The Morgan fingerprint density at radius 1 is 1.42 bits per heavy atom.